The zero-order valence-electron chi connectivity index (χ0n) is 13.9. The van der Waals surface area contributed by atoms with Crippen LogP contribution in [0.15, 0.2) is 24.4 Å². The van der Waals surface area contributed by atoms with Crippen LogP contribution in [0.2, 0.25) is 5.02 Å². The van der Waals surface area contributed by atoms with E-state index in [1.54, 1.807) is 0 Å². The standard InChI is InChI=1S/C16H16ClF3N4O2/c1-3-6-21-14(25)10-5-4-9(7-12(10)17)22-15(26)11-8-24(2)23-13(11)16(18,19)20/h4-5,7-8H,3,6H2,1-2H3,(H,21,25)(H,22,26). The summed E-state index contributed by atoms with van der Waals surface area (Å²) in [6.45, 7) is 2.38. The summed E-state index contributed by atoms with van der Waals surface area (Å²) in [4.78, 5) is 24.1. The number of nitrogens with one attached hydrogen (secondary N) is 2. The van der Waals surface area contributed by atoms with E-state index in [0.29, 0.717) is 6.54 Å². The van der Waals surface area contributed by atoms with E-state index in [9.17, 15) is 22.8 Å². The highest BCUT2D eigenvalue weighted by molar-refractivity contribution is 6.34. The molecule has 1 heterocycles. The quantitative estimate of drug-likeness (QED) is 0.823. The van der Waals surface area contributed by atoms with Crippen LogP contribution in [0.1, 0.15) is 39.8 Å². The Bertz CT molecular complexity index is 833. The second-order valence-corrected chi connectivity index (χ2v) is 5.87. The monoisotopic (exact) mass is 388 g/mol. The number of hydrogen-bond donors (Lipinski definition) is 2. The number of nitrogens with zero attached hydrogens (tertiary/aromatic N) is 2. The zero-order valence-corrected chi connectivity index (χ0v) is 14.7. The van der Waals surface area contributed by atoms with E-state index in [1.165, 1.54) is 25.2 Å². The number of alkyl halides is 3. The number of benzene rings is 1. The molecule has 2 aromatic rings. The molecule has 0 fully saturated rings. The Balaban J connectivity index is 2.21. The van der Waals surface area contributed by atoms with Crippen molar-refractivity contribution in [2.75, 3.05) is 11.9 Å². The Labute approximate surface area is 152 Å². The van der Waals surface area contributed by atoms with Gasteiger partial charge in [-0.2, -0.15) is 18.3 Å². The fourth-order valence-electron chi connectivity index (χ4n) is 2.17. The molecule has 1 aromatic carbocycles. The molecule has 0 unspecified atom stereocenters. The number of hydrogen-bond acceptors (Lipinski definition) is 3. The number of carbonyl (C=O) groups excluding carboxylic acids is 2. The van der Waals surface area contributed by atoms with Crippen LogP contribution in [0.3, 0.4) is 0 Å². The molecule has 0 bridgehead atoms. The van der Waals surface area contributed by atoms with Gasteiger partial charge in [0.1, 0.15) is 0 Å². The molecule has 10 heteroatoms. The maximum atomic E-state index is 12.9. The maximum Gasteiger partial charge on any atom is 0.435 e. The summed E-state index contributed by atoms with van der Waals surface area (Å²) in [7, 11) is 1.28. The number of aryl methyl sites for hydroxylation is 1. The summed E-state index contributed by atoms with van der Waals surface area (Å²) in [5.41, 5.74) is -1.53. The van der Waals surface area contributed by atoms with E-state index in [1.807, 2.05) is 6.92 Å². The molecule has 2 N–H and O–H groups in total. The van der Waals surface area contributed by atoms with E-state index in [2.05, 4.69) is 15.7 Å². The zero-order chi connectivity index (χ0) is 19.5. The second-order valence-electron chi connectivity index (χ2n) is 5.47. The minimum Gasteiger partial charge on any atom is -0.352 e. The fourth-order valence-corrected chi connectivity index (χ4v) is 2.44. The molecule has 0 aliphatic rings. The van der Waals surface area contributed by atoms with Crippen molar-refractivity contribution in [3.05, 3.63) is 46.2 Å². The molecule has 1 aromatic heterocycles. The third kappa shape index (κ3) is 4.54. The highest BCUT2D eigenvalue weighted by Gasteiger charge is 2.39. The van der Waals surface area contributed by atoms with Gasteiger partial charge in [0.2, 0.25) is 0 Å². The summed E-state index contributed by atoms with van der Waals surface area (Å²) in [6.07, 6.45) is -3.02. The lowest BCUT2D eigenvalue weighted by molar-refractivity contribution is -0.141. The van der Waals surface area contributed by atoms with E-state index in [0.717, 1.165) is 17.3 Å². The molecule has 2 rings (SSSR count). The smallest absolute Gasteiger partial charge is 0.352 e. The lowest BCUT2D eigenvalue weighted by Crippen LogP contribution is -2.24. The molecule has 0 atom stereocenters. The molecule has 0 aliphatic carbocycles. The van der Waals surface area contributed by atoms with Gasteiger partial charge in [0.25, 0.3) is 11.8 Å². The summed E-state index contributed by atoms with van der Waals surface area (Å²) in [6, 6.07) is 4.06. The lowest BCUT2D eigenvalue weighted by atomic mass is 10.1. The first-order valence-electron chi connectivity index (χ1n) is 7.63. The second kappa shape index (κ2) is 7.77. The molecule has 0 aliphatic heterocycles. The van der Waals surface area contributed by atoms with Crippen molar-refractivity contribution in [2.24, 2.45) is 7.05 Å². The Kier molecular flexibility index (Phi) is 5.91. The Morgan fingerprint density at radius 3 is 2.50 bits per heavy atom. The molecule has 0 saturated carbocycles. The molecule has 0 spiro atoms. The van der Waals surface area contributed by atoms with Crippen LogP contribution in [0.4, 0.5) is 18.9 Å². The number of aromatic nitrogens is 2. The first-order valence-corrected chi connectivity index (χ1v) is 8.01. The Morgan fingerprint density at radius 2 is 1.92 bits per heavy atom. The van der Waals surface area contributed by atoms with Gasteiger partial charge in [-0.15, -0.1) is 0 Å². The maximum absolute atomic E-state index is 12.9. The summed E-state index contributed by atoms with van der Waals surface area (Å²) in [5.74, 6) is -1.36. The molecular weight excluding hydrogens is 373 g/mol. The molecule has 0 saturated heterocycles. The van der Waals surface area contributed by atoms with Gasteiger partial charge in [-0.3, -0.25) is 14.3 Å². The van der Waals surface area contributed by atoms with Crippen LogP contribution in [-0.2, 0) is 13.2 Å². The van der Waals surface area contributed by atoms with E-state index in [-0.39, 0.29) is 22.2 Å². The van der Waals surface area contributed by atoms with Crippen molar-refractivity contribution in [1.29, 1.82) is 0 Å². The molecule has 6 nitrogen and oxygen atoms in total. The van der Waals surface area contributed by atoms with Crippen molar-refractivity contribution in [3.63, 3.8) is 0 Å². The molecule has 2 amide bonds. The van der Waals surface area contributed by atoms with Crippen LogP contribution in [0, 0.1) is 0 Å². The van der Waals surface area contributed by atoms with Crippen molar-refractivity contribution in [1.82, 2.24) is 15.1 Å². The largest absolute Gasteiger partial charge is 0.435 e. The van der Waals surface area contributed by atoms with Gasteiger partial charge in [0.05, 0.1) is 16.1 Å². The molecule has 26 heavy (non-hydrogen) atoms. The first kappa shape index (κ1) is 19.8. The minimum atomic E-state index is -4.76. The van der Waals surface area contributed by atoms with Crippen molar-refractivity contribution < 1.29 is 22.8 Å². The van der Waals surface area contributed by atoms with Crippen LogP contribution in [0.25, 0.3) is 0 Å². The highest BCUT2D eigenvalue weighted by Crippen LogP contribution is 2.31. The molecule has 0 radical (unpaired) electrons. The fraction of sp³-hybridized carbons (Fsp3) is 0.312. The van der Waals surface area contributed by atoms with Crippen molar-refractivity contribution in [2.45, 2.75) is 19.5 Å². The predicted molar refractivity (Wildman–Crippen MR) is 90.2 cm³/mol. The van der Waals surface area contributed by atoms with Crippen LogP contribution < -0.4 is 10.6 Å². The van der Waals surface area contributed by atoms with Crippen LogP contribution in [-0.4, -0.2) is 28.1 Å². The van der Waals surface area contributed by atoms with E-state index >= 15 is 0 Å². The Hall–Kier alpha value is -2.55. The number of rotatable bonds is 5. The number of carbonyl (C=O) groups is 2. The highest BCUT2D eigenvalue weighted by atomic mass is 35.5. The number of anilines is 1. The Morgan fingerprint density at radius 1 is 1.23 bits per heavy atom. The minimum absolute atomic E-state index is 0.0682. The van der Waals surface area contributed by atoms with Gasteiger partial charge < -0.3 is 10.6 Å². The molecular formula is C16H16ClF3N4O2. The molecule has 140 valence electrons. The van der Waals surface area contributed by atoms with Gasteiger partial charge in [-0.05, 0) is 24.6 Å². The first-order chi connectivity index (χ1) is 12.1. The average molecular weight is 389 g/mol. The summed E-state index contributed by atoms with van der Waals surface area (Å²) in [5, 5.41) is 8.33. The normalized spacial score (nSPS) is 11.3. The van der Waals surface area contributed by atoms with E-state index in [4.69, 9.17) is 11.6 Å². The SMILES string of the molecule is CCCNC(=O)c1ccc(NC(=O)c2cn(C)nc2C(F)(F)F)cc1Cl. The van der Waals surface area contributed by atoms with Crippen molar-refractivity contribution in [3.8, 4) is 0 Å². The number of amides is 2. The summed E-state index contributed by atoms with van der Waals surface area (Å²) >= 11 is 6.03. The third-order valence-corrected chi connectivity index (χ3v) is 3.66. The van der Waals surface area contributed by atoms with Gasteiger partial charge in [-0.25, -0.2) is 0 Å². The third-order valence-electron chi connectivity index (χ3n) is 3.35. The lowest BCUT2D eigenvalue weighted by Gasteiger charge is -2.10. The van der Waals surface area contributed by atoms with Gasteiger partial charge in [-0.1, -0.05) is 18.5 Å². The van der Waals surface area contributed by atoms with Crippen LogP contribution in [0.5, 0.6) is 0 Å². The van der Waals surface area contributed by atoms with Gasteiger partial charge >= 0.3 is 6.18 Å². The topological polar surface area (TPSA) is 76.0 Å². The van der Waals surface area contributed by atoms with Gasteiger partial charge in [0.15, 0.2) is 5.69 Å². The van der Waals surface area contributed by atoms with Crippen molar-refractivity contribution >= 4 is 29.1 Å². The van der Waals surface area contributed by atoms with Gasteiger partial charge in [0, 0.05) is 25.5 Å². The van der Waals surface area contributed by atoms with Crippen LogP contribution >= 0.6 is 11.6 Å². The number of halogens is 4. The average Bonchev–Trinajstić information content (AvgIpc) is 2.95. The summed E-state index contributed by atoms with van der Waals surface area (Å²) < 4.78 is 39.7. The van der Waals surface area contributed by atoms with E-state index < -0.39 is 23.3 Å². The predicted octanol–water partition coefficient (Wildman–Crippen LogP) is 3.48.